The number of hydrogen-bond donors (Lipinski definition) is 2. The quantitative estimate of drug-likeness (QED) is 0.907. The Bertz CT molecular complexity index is 598. The van der Waals surface area contributed by atoms with Crippen LogP contribution in [0.25, 0.3) is 10.9 Å². The van der Waals surface area contributed by atoms with Gasteiger partial charge in [0.1, 0.15) is 0 Å². The first-order chi connectivity index (χ1) is 10.2. The summed E-state index contributed by atoms with van der Waals surface area (Å²) in [6.07, 6.45) is 6.46. The van der Waals surface area contributed by atoms with Gasteiger partial charge in [-0.2, -0.15) is 0 Å². The largest absolute Gasteiger partial charge is 0.390 e. The van der Waals surface area contributed by atoms with Gasteiger partial charge in [-0.3, -0.25) is 4.98 Å². The third-order valence-corrected chi connectivity index (χ3v) is 4.67. The highest BCUT2D eigenvalue weighted by atomic mass is 16.3. The number of hydrogen-bond acceptors (Lipinski definition) is 3. The van der Waals surface area contributed by atoms with Crippen molar-refractivity contribution >= 4 is 10.9 Å². The summed E-state index contributed by atoms with van der Waals surface area (Å²) in [5, 5.41) is 15.6. The molecule has 1 aromatic heterocycles. The van der Waals surface area contributed by atoms with Crippen molar-refractivity contribution in [1.29, 1.82) is 0 Å². The van der Waals surface area contributed by atoms with Gasteiger partial charge in [0.2, 0.25) is 0 Å². The van der Waals surface area contributed by atoms with Crippen molar-refractivity contribution in [3.8, 4) is 0 Å². The zero-order chi connectivity index (χ0) is 14.7. The highest BCUT2D eigenvalue weighted by molar-refractivity contribution is 5.81. The second-order valence-electron chi connectivity index (χ2n) is 6.22. The van der Waals surface area contributed by atoms with Crippen molar-refractivity contribution in [2.75, 3.05) is 6.54 Å². The van der Waals surface area contributed by atoms with Crippen LogP contribution in [0.4, 0.5) is 0 Å². The summed E-state index contributed by atoms with van der Waals surface area (Å²) in [6, 6.07) is 10.8. The van der Waals surface area contributed by atoms with E-state index in [1.807, 2.05) is 24.4 Å². The number of pyridine rings is 1. The van der Waals surface area contributed by atoms with Gasteiger partial charge in [0.25, 0.3) is 0 Å². The van der Waals surface area contributed by atoms with E-state index in [4.69, 9.17) is 0 Å². The third kappa shape index (κ3) is 3.25. The monoisotopic (exact) mass is 284 g/mol. The van der Waals surface area contributed by atoms with Gasteiger partial charge in [-0.1, -0.05) is 25.1 Å². The van der Waals surface area contributed by atoms with Gasteiger partial charge in [0, 0.05) is 24.0 Å². The number of rotatable bonds is 4. The summed E-state index contributed by atoms with van der Waals surface area (Å²) in [7, 11) is 0. The molecule has 0 aliphatic heterocycles. The van der Waals surface area contributed by atoms with Crippen molar-refractivity contribution in [2.24, 2.45) is 0 Å². The molecule has 3 rings (SSSR count). The summed E-state index contributed by atoms with van der Waals surface area (Å²) < 4.78 is 0. The molecule has 2 aromatic rings. The Balaban J connectivity index is 1.76. The molecule has 3 nitrogen and oxygen atoms in total. The van der Waals surface area contributed by atoms with Crippen LogP contribution in [0.1, 0.15) is 38.2 Å². The molecule has 1 fully saturated rings. The maximum absolute atomic E-state index is 10.9. The summed E-state index contributed by atoms with van der Waals surface area (Å²) in [5.41, 5.74) is 1.67. The Labute approximate surface area is 126 Å². The molecule has 1 aromatic carbocycles. The summed E-state index contributed by atoms with van der Waals surface area (Å²) in [5.74, 6) is 0. The number of aromatic nitrogens is 1. The van der Waals surface area contributed by atoms with Gasteiger partial charge < -0.3 is 10.4 Å². The predicted molar refractivity (Wildman–Crippen MR) is 86.3 cm³/mol. The lowest BCUT2D eigenvalue weighted by atomic mass is 9.78. The minimum atomic E-state index is -0.559. The van der Waals surface area contributed by atoms with Gasteiger partial charge in [-0.25, -0.2) is 0 Å². The van der Waals surface area contributed by atoms with E-state index < -0.39 is 5.60 Å². The first-order valence-corrected chi connectivity index (χ1v) is 7.98. The molecule has 112 valence electrons. The molecule has 0 atom stereocenters. The average Bonchev–Trinajstić information content (AvgIpc) is 2.50. The molecule has 1 saturated carbocycles. The van der Waals surface area contributed by atoms with Crippen LogP contribution in [-0.4, -0.2) is 28.3 Å². The molecule has 1 aliphatic carbocycles. The van der Waals surface area contributed by atoms with Crippen molar-refractivity contribution in [3.05, 3.63) is 42.1 Å². The van der Waals surface area contributed by atoms with Crippen LogP contribution in [0, 0.1) is 0 Å². The molecular formula is C18H24N2O. The van der Waals surface area contributed by atoms with Crippen molar-refractivity contribution in [1.82, 2.24) is 10.3 Å². The van der Waals surface area contributed by atoms with Crippen LogP contribution in [-0.2, 0) is 6.42 Å². The maximum Gasteiger partial charge on any atom is 0.0704 e. The van der Waals surface area contributed by atoms with Crippen LogP contribution in [0.3, 0.4) is 0 Å². The van der Waals surface area contributed by atoms with E-state index in [9.17, 15) is 5.11 Å². The molecule has 0 amide bonds. The Morgan fingerprint density at radius 3 is 2.76 bits per heavy atom. The smallest absolute Gasteiger partial charge is 0.0704 e. The summed E-state index contributed by atoms with van der Waals surface area (Å²) >= 11 is 0. The summed E-state index contributed by atoms with van der Waals surface area (Å²) in [4.78, 5) is 4.40. The zero-order valence-electron chi connectivity index (χ0n) is 12.7. The number of fused-ring (bicyclic) bond motifs is 1. The van der Waals surface area contributed by atoms with Crippen molar-refractivity contribution in [3.63, 3.8) is 0 Å². The lowest BCUT2D eigenvalue weighted by molar-refractivity contribution is -0.00268. The molecule has 1 heterocycles. The molecule has 0 radical (unpaired) electrons. The first kappa shape index (κ1) is 14.5. The number of para-hydroxylation sites is 1. The Kier molecular flexibility index (Phi) is 4.22. The van der Waals surface area contributed by atoms with Gasteiger partial charge in [0.05, 0.1) is 11.1 Å². The molecule has 1 aliphatic rings. The molecule has 2 N–H and O–H groups in total. The first-order valence-electron chi connectivity index (χ1n) is 7.98. The van der Waals surface area contributed by atoms with Crippen LogP contribution in [0.15, 0.2) is 36.5 Å². The van der Waals surface area contributed by atoms with E-state index in [2.05, 4.69) is 29.4 Å². The van der Waals surface area contributed by atoms with Gasteiger partial charge in [-0.05, 0) is 49.9 Å². The van der Waals surface area contributed by atoms with E-state index in [-0.39, 0.29) is 0 Å². The van der Waals surface area contributed by atoms with Gasteiger partial charge in [-0.15, -0.1) is 0 Å². The van der Waals surface area contributed by atoms with Gasteiger partial charge in [0.15, 0.2) is 0 Å². The van der Waals surface area contributed by atoms with Crippen molar-refractivity contribution < 1.29 is 5.11 Å². The number of benzene rings is 1. The highest BCUT2D eigenvalue weighted by Crippen LogP contribution is 2.33. The number of aliphatic hydroxyl groups is 1. The Hall–Kier alpha value is -1.45. The Morgan fingerprint density at radius 2 is 2.00 bits per heavy atom. The fourth-order valence-electron chi connectivity index (χ4n) is 3.49. The zero-order valence-corrected chi connectivity index (χ0v) is 12.7. The van der Waals surface area contributed by atoms with E-state index in [1.165, 1.54) is 10.9 Å². The van der Waals surface area contributed by atoms with E-state index in [0.29, 0.717) is 6.04 Å². The van der Waals surface area contributed by atoms with Crippen molar-refractivity contribution in [2.45, 2.75) is 50.7 Å². The number of nitrogens with zero attached hydrogens (tertiary/aromatic N) is 1. The maximum atomic E-state index is 10.9. The minimum absolute atomic E-state index is 0.559. The predicted octanol–water partition coefficient (Wildman–Crippen LogP) is 3.06. The minimum Gasteiger partial charge on any atom is -0.390 e. The standard InChI is InChI=1S/C18H24N2O/c1-2-19-15-7-10-18(21,11-8-15)13-14-9-12-20-17-6-4-3-5-16(14)17/h3-6,9,12,15,19,21H,2,7-8,10-11,13H2,1H3. The van der Waals surface area contributed by atoms with Crippen LogP contribution in [0.2, 0.25) is 0 Å². The molecule has 21 heavy (non-hydrogen) atoms. The number of nitrogens with one attached hydrogen (secondary N) is 1. The molecule has 0 unspecified atom stereocenters. The second-order valence-corrected chi connectivity index (χ2v) is 6.22. The fraction of sp³-hybridized carbons (Fsp3) is 0.500. The van der Waals surface area contributed by atoms with E-state index in [1.54, 1.807) is 0 Å². The molecule has 0 saturated heterocycles. The topological polar surface area (TPSA) is 45.1 Å². The summed E-state index contributed by atoms with van der Waals surface area (Å²) in [6.45, 7) is 3.15. The van der Waals surface area contributed by atoms with E-state index >= 15 is 0 Å². The third-order valence-electron chi connectivity index (χ3n) is 4.67. The van der Waals surface area contributed by atoms with Crippen LogP contribution in [0.5, 0.6) is 0 Å². The SMILES string of the molecule is CCNC1CCC(O)(Cc2ccnc3ccccc23)CC1. The second kappa shape index (κ2) is 6.12. The molecule has 0 spiro atoms. The normalized spacial score (nSPS) is 26.1. The molecule has 0 bridgehead atoms. The van der Waals surface area contributed by atoms with Crippen LogP contribution < -0.4 is 5.32 Å². The average molecular weight is 284 g/mol. The molecular weight excluding hydrogens is 260 g/mol. The molecule has 3 heteroatoms. The van der Waals surface area contributed by atoms with E-state index in [0.717, 1.165) is 44.2 Å². The lowest BCUT2D eigenvalue weighted by Gasteiger charge is -2.36. The lowest BCUT2D eigenvalue weighted by Crippen LogP contribution is -2.42. The Morgan fingerprint density at radius 1 is 1.24 bits per heavy atom. The van der Waals surface area contributed by atoms with Crippen LogP contribution >= 0.6 is 0 Å². The van der Waals surface area contributed by atoms with Gasteiger partial charge >= 0.3 is 0 Å². The highest BCUT2D eigenvalue weighted by Gasteiger charge is 2.33. The fourth-order valence-corrected chi connectivity index (χ4v) is 3.49.